The summed E-state index contributed by atoms with van der Waals surface area (Å²) in [6.07, 6.45) is 0. The second-order valence-corrected chi connectivity index (χ2v) is 5.70. The number of hydrogen-bond donors (Lipinski definition) is 1. The molecule has 0 aromatic heterocycles. The third-order valence-electron chi connectivity index (χ3n) is 4.10. The lowest BCUT2D eigenvalue weighted by molar-refractivity contribution is 0.0735. The minimum absolute atomic E-state index is 0. The third-order valence-corrected chi connectivity index (χ3v) is 4.10. The van der Waals surface area contributed by atoms with E-state index in [1.54, 1.807) is 30.0 Å². The van der Waals surface area contributed by atoms with Crippen molar-refractivity contribution in [3.63, 3.8) is 0 Å². The number of hydrogen-bond acceptors (Lipinski definition) is 2. The van der Waals surface area contributed by atoms with Gasteiger partial charge in [-0.15, -0.1) is 12.4 Å². The summed E-state index contributed by atoms with van der Waals surface area (Å²) in [6.45, 7) is 4.48. The maximum absolute atomic E-state index is 14.5. The molecule has 1 aliphatic heterocycles. The van der Waals surface area contributed by atoms with Crippen LogP contribution in [0.2, 0.25) is 0 Å². The molecule has 0 aliphatic carbocycles. The SMILES string of the molecule is Cc1cc(F)ccc1-c1ccc(C(=O)N2CCNCC2)cc1F.Cl. The monoisotopic (exact) mass is 352 g/mol. The molecule has 0 radical (unpaired) electrons. The molecule has 0 bridgehead atoms. The van der Waals surface area contributed by atoms with Crippen molar-refractivity contribution in [1.82, 2.24) is 10.2 Å². The van der Waals surface area contributed by atoms with E-state index in [-0.39, 0.29) is 24.1 Å². The summed E-state index contributed by atoms with van der Waals surface area (Å²) in [5, 5.41) is 3.18. The molecule has 24 heavy (non-hydrogen) atoms. The lowest BCUT2D eigenvalue weighted by Crippen LogP contribution is -2.46. The molecule has 1 aliphatic rings. The predicted octanol–water partition coefficient (Wildman–Crippen LogP) is 3.41. The zero-order chi connectivity index (χ0) is 16.4. The highest BCUT2D eigenvalue weighted by Gasteiger charge is 2.19. The van der Waals surface area contributed by atoms with Crippen molar-refractivity contribution in [3.8, 4) is 11.1 Å². The maximum Gasteiger partial charge on any atom is 0.254 e. The molecule has 1 saturated heterocycles. The molecule has 3 nitrogen and oxygen atoms in total. The average molecular weight is 353 g/mol. The second kappa shape index (κ2) is 7.73. The Hall–Kier alpha value is -1.98. The predicted molar refractivity (Wildman–Crippen MR) is 92.6 cm³/mol. The number of carbonyl (C=O) groups is 1. The number of rotatable bonds is 2. The first-order valence-electron chi connectivity index (χ1n) is 7.62. The van der Waals surface area contributed by atoms with Crippen LogP contribution in [-0.4, -0.2) is 37.0 Å². The van der Waals surface area contributed by atoms with E-state index in [1.165, 1.54) is 18.2 Å². The minimum atomic E-state index is -0.472. The average Bonchev–Trinajstić information content (AvgIpc) is 2.55. The van der Waals surface area contributed by atoms with Crippen LogP contribution in [0.5, 0.6) is 0 Å². The summed E-state index contributed by atoms with van der Waals surface area (Å²) in [6, 6.07) is 8.72. The van der Waals surface area contributed by atoms with Gasteiger partial charge < -0.3 is 10.2 Å². The highest BCUT2D eigenvalue weighted by molar-refractivity contribution is 5.95. The number of benzene rings is 2. The topological polar surface area (TPSA) is 32.3 Å². The molecule has 2 aromatic rings. The van der Waals surface area contributed by atoms with Crippen LogP contribution in [0.3, 0.4) is 0 Å². The van der Waals surface area contributed by atoms with Crippen LogP contribution in [0, 0.1) is 18.6 Å². The van der Waals surface area contributed by atoms with Crippen molar-refractivity contribution >= 4 is 18.3 Å². The molecule has 2 aromatic carbocycles. The van der Waals surface area contributed by atoms with Gasteiger partial charge in [0.1, 0.15) is 11.6 Å². The molecule has 128 valence electrons. The molecule has 1 heterocycles. The summed E-state index contributed by atoms with van der Waals surface area (Å²) in [7, 11) is 0. The van der Waals surface area contributed by atoms with Crippen molar-refractivity contribution in [2.75, 3.05) is 26.2 Å². The highest BCUT2D eigenvalue weighted by atomic mass is 35.5. The van der Waals surface area contributed by atoms with E-state index in [4.69, 9.17) is 0 Å². The molecule has 1 fully saturated rings. The van der Waals surface area contributed by atoms with E-state index < -0.39 is 5.82 Å². The maximum atomic E-state index is 14.5. The van der Waals surface area contributed by atoms with Gasteiger partial charge in [0.05, 0.1) is 0 Å². The van der Waals surface area contributed by atoms with Crippen molar-refractivity contribution in [2.45, 2.75) is 6.92 Å². The number of nitrogens with one attached hydrogen (secondary N) is 1. The summed E-state index contributed by atoms with van der Waals surface area (Å²) >= 11 is 0. The zero-order valence-corrected chi connectivity index (χ0v) is 14.1. The zero-order valence-electron chi connectivity index (χ0n) is 13.3. The first-order valence-corrected chi connectivity index (χ1v) is 7.62. The summed E-state index contributed by atoms with van der Waals surface area (Å²) in [4.78, 5) is 14.1. The van der Waals surface area contributed by atoms with E-state index in [0.29, 0.717) is 35.3 Å². The smallest absolute Gasteiger partial charge is 0.254 e. The van der Waals surface area contributed by atoms with Crippen molar-refractivity contribution in [3.05, 3.63) is 59.2 Å². The summed E-state index contributed by atoms with van der Waals surface area (Å²) < 4.78 is 27.7. The normalized spacial score (nSPS) is 14.2. The molecular formula is C18H19ClF2N2O. The first kappa shape index (κ1) is 18.4. The van der Waals surface area contributed by atoms with E-state index in [0.717, 1.165) is 13.1 Å². The molecule has 0 spiro atoms. The van der Waals surface area contributed by atoms with Crippen molar-refractivity contribution in [1.29, 1.82) is 0 Å². The van der Waals surface area contributed by atoms with Gasteiger partial charge in [0, 0.05) is 37.3 Å². The van der Waals surface area contributed by atoms with Crippen LogP contribution in [0.15, 0.2) is 36.4 Å². The number of halogens is 3. The van der Waals surface area contributed by atoms with Crippen LogP contribution in [0.1, 0.15) is 15.9 Å². The fourth-order valence-electron chi connectivity index (χ4n) is 2.85. The summed E-state index contributed by atoms with van der Waals surface area (Å²) in [5.74, 6) is -0.981. The quantitative estimate of drug-likeness (QED) is 0.898. The van der Waals surface area contributed by atoms with Crippen LogP contribution >= 0.6 is 12.4 Å². The molecule has 6 heteroatoms. The molecule has 3 rings (SSSR count). The molecular weight excluding hydrogens is 334 g/mol. The van der Waals surface area contributed by atoms with E-state index in [2.05, 4.69) is 5.32 Å². The van der Waals surface area contributed by atoms with Crippen LogP contribution < -0.4 is 5.32 Å². The molecule has 1 N–H and O–H groups in total. The van der Waals surface area contributed by atoms with Gasteiger partial charge in [-0.1, -0.05) is 12.1 Å². The van der Waals surface area contributed by atoms with Gasteiger partial charge in [0.2, 0.25) is 0 Å². The number of amides is 1. The Morgan fingerprint density at radius 3 is 2.33 bits per heavy atom. The number of piperazine rings is 1. The van der Waals surface area contributed by atoms with Crippen LogP contribution in [0.4, 0.5) is 8.78 Å². The van der Waals surface area contributed by atoms with Gasteiger partial charge in [-0.25, -0.2) is 8.78 Å². The largest absolute Gasteiger partial charge is 0.336 e. The Morgan fingerprint density at radius 1 is 1.04 bits per heavy atom. The highest BCUT2D eigenvalue weighted by Crippen LogP contribution is 2.27. The minimum Gasteiger partial charge on any atom is -0.336 e. The molecule has 0 saturated carbocycles. The van der Waals surface area contributed by atoms with Crippen molar-refractivity contribution < 1.29 is 13.6 Å². The number of nitrogens with zero attached hydrogens (tertiary/aromatic N) is 1. The van der Waals surface area contributed by atoms with Gasteiger partial charge in [-0.3, -0.25) is 4.79 Å². The number of carbonyl (C=O) groups excluding carboxylic acids is 1. The standard InChI is InChI=1S/C18H18F2N2O.ClH/c1-12-10-14(19)3-5-15(12)16-4-2-13(11-17(16)20)18(23)22-8-6-21-7-9-22;/h2-5,10-11,21H,6-9H2,1H3;1H. The van der Waals surface area contributed by atoms with Gasteiger partial charge in [0.25, 0.3) is 5.91 Å². The molecule has 0 unspecified atom stereocenters. The Morgan fingerprint density at radius 2 is 1.71 bits per heavy atom. The molecule has 1 amide bonds. The fourth-order valence-corrected chi connectivity index (χ4v) is 2.85. The van der Waals surface area contributed by atoms with Crippen LogP contribution in [-0.2, 0) is 0 Å². The fraction of sp³-hybridized carbons (Fsp3) is 0.278. The van der Waals surface area contributed by atoms with Gasteiger partial charge in [0.15, 0.2) is 0 Å². The van der Waals surface area contributed by atoms with Gasteiger partial charge in [-0.2, -0.15) is 0 Å². The lowest BCUT2D eigenvalue weighted by Gasteiger charge is -2.27. The Bertz CT molecular complexity index is 746. The second-order valence-electron chi connectivity index (χ2n) is 5.70. The van der Waals surface area contributed by atoms with Crippen LogP contribution in [0.25, 0.3) is 11.1 Å². The Labute approximate surface area is 146 Å². The third kappa shape index (κ3) is 3.74. The Balaban J connectivity index is 0.00000208. The summed E-state index contributed by atoms with van der Waals surface area (Å²) in [5.41, 5.74) is 2.00. The lowest BCUT2D eigenvalue weighted by atomic mass is 9.98. The van der Waals surface area contributed by atoms with Crippen molar-refractivity contribution in [2.24, 2.45) is 0 Å². The van der Waals surface area contributed by atoms with E-state index in [9.17, 15) is 13.6 Å². The van der Waals surface area contributed by atoms with E-state index >= 15 is 0 Å². The first-order chi connectivity index (χ1) is 11.1. The molecule has 0 atom stereocenters. The van der Waals surface area contributed by atoms with Gasteiger partial charge >= 0.3 is 0 Å². The van der Waals surface area contributed by atoms with Gasteiger partial charge in [-0.05, 0) is 42.3 Å². The number of aryl methyl sites for hydroxylation is 1. The Kier molecular flexibility index (Phi) is 5.91. The van der Waals surface area contributed by atoms with E-state index in [1.807, 2.05) is 0 Å².